The van der Waals surface area contributed by atoms with Crippen molar-refractivity contribution in [1.29, 1.82) is 0 Å². The maximum Gasteiger partial charge on any atom is 0.123 e. The van der Waals surface area contributed by atoms with Crippen LogP contribution in [0.15, 0.2) is 24.2 Å². The number of halogens is 1. The first-order chi connectivity index (χ1) is 6.00. The van der Waals surface area contributed by atoms with Crippen molar-refractivity contribution in [3.63, 3.8) is 0 Å². The van der Waals surface area contributed by atoms with Crippen LogP contribution in [0.4, 0.5) is 4.39 Å². The Morgan fingerprint density at radius 2 is 2.00 bits per heavy atom. The highest BCUT2D eigenvalue weighted by molar-refractivity contribution is 5.15. The predicted molar refractivity (Wildman–Crippen MR) is 34.3 cm³/mol. The second kappa shape index (κ2) is 2.60. The van der Waals surface area contributed by atoms with Crippen LogP contribution in [0.25, 0.3) is 0 Å². The van der Waals surface area contributed by atoms with Gasteiger partial charge in [-0.05, 0) is 17.6 Å². The number of rotatable bonds is 1. The van der Waals surface area contributed by atoms with Crippen molar-refractivity contribution in [2.45, 2.75) is 6.54 Å². The monoisotopic (exact) mass is 129 g/mol. The molecule has 1 aromatic rings. The molecule has 0 aliphatic heterocycles. The Kier molecular flexibility index (Phi) is 0.807. The lowest BCUT2D eigenvalue weighted by atomic mass is 10.2. The smallest absolute Gasteiger partial charge is 0.123 e. The van der Waals surface area contributed by atoms with Gasteiger partial charge in [-0.1, -0.05) is 12.1 Å². The van der Waals surface area contributed by atoms with Crippen LogP contribution in [-0.4, -0.2) is 0 Å². The Balaban J connectivity index is 3.56. The second-order valence-corrected chi connectivity index (χ2v) is 1.50. The zero-order chi connectivity index (χ0) is 10.2. The van der Waals surface area contributed by atoms with Crippen molar-refractivity contribution in [2.24, 2.45) is 5.73 Å². The minimum Gasteiger partial charge on any atom is -0.326 e. The van der Waals surface area contributed by atoms with Gasteiger partial charge >= 0.3 is 0 Å². The minimum atomic E-state index is -1.13. The quantitative estimate of drug-likeness (QED) is 0.607. The number of hydrogen-bond acceptors (Lipinski definition) is 1. The lowest BCUT2D eigenvalue weighted by molar-refractivity contribution is 0.627. The fourth-order valence-electron chi connectivity index (χ4n) is 0.425. The number of hydrogen-bond donors (Lipinski definition) is 1. The molecule has 0 aliphatic rings. The molecule has 0 heterocycles. The summed E-state index contributed by atoms with van der Waals surface area (Å²) in [4.78, 5) is 0. The van der Waals surface area contributed by atoms with Crippen LogP contribution in [-0.2, 0) is 6.54 Å². The average molecular weight is 129 g/mol. The Hall–Kier alpha value is -0.890. The summed E-state index contributed by atoms with van der Waals surface area (Å²) in [5, 5.41) is 0. The third-order valence-electron chi connectivity index (χ3n) is 0.850. The molecule has 0 aliphatic carbocycles. The van der Waals surface area contributed by atoms with E-state index in [1.165, 1.54) is 0 Å². The van der Waals surface area contributed by atoms with Crippen LogP contribution in [0.1, 0.15) is 11.0 Å². The molecule has 48 valence electrons. The average Bonchev–Trinajstić information content (AvgIpc) is 2.13. The van der Waals surface area contributed by atoms with E-state index in [0.29, 0.717) is 0 Å². The molecule has 0 atom stereocenters. The van der Waals surface area contributed by atoms with Crippen molar-refractivity contribution < 1.29 is 9.87 Å². The van der Waals surface area contributed by atoms with Gasteiger partial charge in [0.1, 0.15) is 5.82 Å². The van der Waals surface area contributed by atoms with Gasteiger partial charge in [0.2, 0.25) is 0 Å². The summed E-state index contributed by atoms with van der Waals surface area (Å²) < 4.78 is 41.6. The van der Waals surface area contributed by atoms with Gasteiger partial charge in [0.15, 0.2) is 0 Å². The molecule has 0 fully saturated rings. The van der Waals surface area contributed by atoms with Crippen molar-refractivity contribution >= 4 is 0 Å². The van der Waals surface area contributed by atoms with E-state index >= 15 is 0 Å². The minimum absolute atomic E-state index is 0.0383. The summed E-state index contributed by atoms with van der Waals surface area (Å²) in [7, 11) is 0. The first kappa shape index (κ1) is 2.80. The molecule has 0 unspecified atom stereocenters. The maximum atomic E-state index is 12.9. The van der Waals surface area contributed by atoms with Crippen LogP contribution in [0.5, 0.6) is 0 Å². The van der Waals surface area contributed by atoms with Gasteiger partial charge in [-0.3, -0.25) is 0 Å². The van der Waals surface area contributed by atoms with Gasteiger partial charge in [0, 0.05) is 6.54 Å². The van der Waals surface area contributed by atoms with Gasteiger partial charge < -0.3 is 5.73 Å². The van der Waals surface area contributed by atoms with E-state index in [4.69, 9.17) is 11.2 Å². The molecule has 0 spiro atoms. The van der Waals surface area contributed by atoms with Crippen LogP contribution in [0.3, 0.4) is 0 Å². The van der Waals surface area contributed by atoms with Crippen LogP contribution < -0.4 is 5.73 Å². The SMILES string of the molecule is [2H]c1c([2H])c(CN)c([2H])c([2H])c1F. The Bertz CT molecular complexity index is 324. The fourth-order valence-corrected chi connectivity index (χ4v) is 0.425. The molecule has 0 aromatic heterocycles. The summed E-state index contributed by atoms with van der Waals surface area (Å²) in [6.07, 6.45) is 0. The predicted octanol–water partition coefficient (Wildman–Crippen LogP) is 1.28. The Morgan fingerprint density at radius 3 is 2.44 bits per heavy atom. The zero-order valence-electron chi connectivity index (χ0n) is 8.66. The van der Waals surface area contributed by atoms with E-state index in [9.17, 15) is 4.39 Å². The van der Waals surface area contributed by atoms with Crippen molar-refractivity contribution in [2.75, 3.05) is 0 Å². The Morgan fingerprint density at radius 1 is 1.44 bits per heavy atom. The molecule has 2 N–H and O–H groups in total. The number of benzene rings is 1. The van der Waals surface area contributed by atoms with E-state index < -0.39 is 30.0 Å². The summed E-state index contributed by atoms with van der Waals surface area (Å²) in [5.41, 5.74) is 5.25. The lowest BCUT2D eigenvalue weighted by Crippen LogP contribution is -1.94. The normalized spacial score (nSPS) is 15.8. The first-order valence-corrected chi connectivity index (χ1v) is 2.45. The summed E-state index contributed by atoms with van der Waals surface area (Å²) in [6, 6.07) is -2.13. The highest BCUT2D eigenvalue weighted by Crippen LogP contribution is 2.00. The summed E-state index contributed by atoms with van der Waals surface area (Å²) >= 11 is 0. The van der Waals surface area contributed by atoms with Crippen molar-refractivity contribution in [3.05, 3.63) is 35.6 Å². The van der Waals surface area contributed by atoms with E-state index in [0.717, 1.165) is 0 Å². The highest BCUT2D eigenvalue weighted by Gasteiger charge is 1.87. The van der Waals surface area contributed by atoms with Crippen LogP contribution in [0, 0.1) is 5.82 Å². The molecular weight excluding hydrogens is 117 g/mol. The van der Waals surface area contributed by atoms with Crippen LogP contribution in [0.2, 0.25) is 0 Å². The van der Waals surface area contributed by atoms with Gasteiger partial charge in [-0.25, -0.2) is 4.39 Å². The molecule has 0 bridgehead atoms. The molecular formula is C7H8FN. The molecule has 1 aromatic carbocycles. The van der Waals surface area contributed by atoms with Crippen molar-refractivity contribution in [1.82, 2.24) is 0 Å². The standard InChI is InChI=1S/C7H8FN/c8-7-3-1-6(5-9)2-4-7/h1-4H,5,9H2/i1D,2D,3D,4D. The maximum absolute atomic E-state index is 12.9. The molecule has 2 heteroatoms. The van der Waals surface area contributed by atoms with E-state index in [1.807, 2.05) is 0 Å². The number of nitrogens with two attached hydrogens (primary N) is 1. The largest absolute Gasteiger partial charge is 0.326 e. The summed E-state index contributed by atoms with van der Waals surface area (Å²) in [6.45, 7) is -0.129. The fraction of sp³-hybridized carbons (Fsp3) is 0.143. The molecule has 9 heavy (non-hydrogen) atoms. The molecule has 1 rings (SSSR count). The third kappa shape index (κ3) is 1.50. The Labute approximate surface area is 58.9 Å². The molecule has 1 nitrogen and oxygen atoms in total. The van der Waals surface area contributed by atoms with Gasteiger partial charge in [0.25, 0.3) is 0 Å². The highest BCUT2D eigenvalue weighted by atomic mass is 19.1. The first-order valence-electron chi connectivity index (χ1n) is 4.45. The van der Waals surface area contributed by atoms with E-state index in [2.05, 4.69) is 0 Å². The zero-order valence-corrected chi connectivity index (χ0v) is 4.66. The molecule has 0 saturated heterocycles. The van der Waals surface area contributed by atoms with E-state index in [-0.39, 0.29) is 12.1 Å². The lowest BCUT2D eigenvalue weighted by Gasteiger charge is -1.92. The van der Waals surface area contributed by atoms with Crippen molar-refractivity contribution in [3.8, 4) is 0 Å². The third-order valence-corrected chi connectivity index (χ3v) is 0.850. The summed E-state index contributed by atoms with van der Waals surface area (Å²) in [5.74, 6) is -1.13. The second-order valence-electron chi connectivity index (χ2n) is 1.50. The molecule has 0 saturated carbocycles. The van der Waals surface area contributed by atoms with E-state index in [1.54, 1.807) is 0 Å². The van der Waals surface area contributed by atoms with Gasteiger partial charge in [-0.15, -0.1) is 0 Å². The topological polar surface area (TPSA) is 26.0 Å². The van der Waals surface area contributed by atoms with Gasteiger partial charge in [-0.2, -0.15) is 0 Å². The molecule has 0 radical (unpaired) electrons. The molecule has 0 amide bonds. The van der Waals surface area contributed by atoms with Crippen LogP contribution >= 0.6 is 0 Å². The van der Waals surface area contributed by atoms with Gasteiger partial charge in [0.05, 0.1) is 5.48 Å².